The van der Waals surface area contributed by atoms with E-state index in [2.05, 4.69) is 5.32 Å². The second-order valence-electron chi connectivity index (χ2n) is 4.99. The number of rotatable bonds is 5. The number of anilines is 1. The molecule has 0 aromatic heterocycles. The van der Waals surface area contributed by atoms with Gasteiger partial charge in [-0.3, -0.25) is 4.79 Å². The average molecular weight is 349 g/mol. The molecule has 0 saturated carbocycles. The van der Waals surface area contributed by atoms with Gasteiger partial charge in [0.1, 0.15) is 0 Å². The smallest absolute Gasteiger partial charge is 0.161 e. The largest absolute Gasteiger partial charge is 0.387 e. The molecule has 2 rings (SSSR count). The zero-order valence-corrected chi connectivity index (χ0v) is 13.8. The Hall–Kier alpha value is -2.06. The van der Waals surface area contributed by atoms with Crippen molar-refractivity contribution in [1.29, 1.82) is 5.26 Å². The van der Waals surface area contributed by atoms with E-state index in [4.69, 9.17) is 28.5 Å². The van der Waals surface area contributed by atoms with E-state index in [0.29, 0.717) is 32.4 Å². The van der Waals surface area contributed by atoms with Crippen LogP contribution >= 0.6 is 23.2 Å². The van der Waals surface area contributed by atoms with Crippen LogP contribution in [0.5, 0.6) is 0 Å². The van der Waals surface area contributed by atoms with Gasteiger partial charge in [-0.1, -0.05) is 29.3 Å². The first kappa shape index (κ1) is 17.3. The standard InChI is InChI=1S/C17H14Cl2N2O2/c1-10(22)13-4-2-11(8-20)6-16(13)21-9-17(23)14-5-3-12(18)7-15(14)19/h2-7,17,21,23H,9H2,1H3. The molecule has 6 heteroatoms. The fourth-order valence-corrected chi connectivity index (χ4v) is 2.69. The molecule has 0 heterocycles. The van der Waals surface area contributed by atoms with Crippen molar-refractivity contribution in [2.45, 2.75) is 13.0 Å². The highest BCUT2D eigenvalue weighted by atomic mass is 35.5. The molecule has 0 amide bonds. The van der Waals surface area contributed by atoms with E-state index < -0.39 is 6.10 Å². The molecule has 0 aliphatic heterocycles. The summed E-state index contributed by atoms with van der Waals surface area (Å²) in [5, 5.41) is 23.1. The Kier molecular flexibility index (Phi) is 5.62. The summed E-state index contributed by atoms with van der Waals surface area (Å²) in [4.78, 5) is 11.7. The number of benzene rings is 2. The topological polar surface area (TPSA) is 73.1 Å². The lowest BCUT2D eigenvalue weighted by Crippen LogP contribution is -2.14. The van der Waals surface area contributed by atoms with Crippen LogP contribution in [0.25, 0.3) is 0 Å². The first-order valence-corrected chi connectivity index (χ1v) is 7.60. The predicted octanol–water partition coefficient (Wildman–Crippen LogP) is 4.21. The minimum atomic E-state index is -0.884. The summed E-state index contributed by atoms with van der Waals surface area (Å²) in [7, 11) is 0. The van der Waals surface area contributed by atoms with Crippen LogP contribution in [0.4, 0.5) is 5.69 Å². The molecular weight excluding hydrogens is 335 g/mol. The molecule has 0 saturated heterocycles. The van der Waals surface area contributed by atoms with Gasteiger partial charge in [0.25, 0.3) is 0 Å². The number of hydrogen-bond acceptors (Lipinski definition) is 4. The normalized spacial score (nSPS) is 11.6. The van der Waals surface area contributed by atoms with Crippen LogP contribution in [-0.2, 0) is 0 Å². The van der Waals surface area contributed by atoms with Gasteiger partial charge < -0.3 is 10.4 Å². The van der Waals surface area contributed by atoms with Gasteiger partial charge in [0, 0.05) is 33.4 Å². The number of carbonyl (C=O) groups is 1. The third-order valence-corrected chi connectivity index (χ3v) is 3.90. The highest BCUT2D eigenvalue weighted by molar-refractivity contribution is 6.35. The number of carbonyl (C=O) groups excluding carboxylic acids is 1. The Morgan fingerprint density at radius 3 is 2.65 bits per heavy atom. The van der Waals surface area contributed by atoms with Gasteiger partial charge in [0.15, 0.2) is 5.78 Å². The average Bonchev–Trinajstić information content (AvgIpc) is 2.52. The van der Waals surface area contributed by atoms with Gasteiger partial charge in [0.05, 0.1) is 17.7 Å². The molecule has 0 spiro atoms. The summed E-state index contributed by atoms with van der Waals surface area (Å²) in [6.07, 6.45) is -0.884. The van der Waals surface area contributed by atoms with E-state index in [0.717, 1.165) is 0 Å². The Morgan fingerprint density at radius 1 is 1.30 bits per heavy atom. The number of Topliss-reactive ketones (excluding diaryl/α,β-unsaturated/α-hetero) is 1. The van der Waals surface area contributed by atoms with E-state index in [1.165, 1.54) is 6.92 Å². The third-order valence-electron chi connectivity index (χ3n) is 3.34. The van der Waals surface area contributed by atoms with Crippen molar-refractivity contribution in [3.8, 4) is 6.07 Å². The number of halogens is 2. The quantitative estimate of drug-likeness (QED) is 0.793. The Bertz CT molecular complexity index is 785. The highest BCUT2D eigenvalue weighted by Gasteiger charge is 2.14. The lowest BCUT2D eigenvalue weighted by Gasteiger charge is -2.16. The molecular formula is C17H14Cl2N2O2. The van der Waals surface area contributed by atoms with Crippen molar-refractivity contribution >= 4 is 34.7 Å². The van der Waals surface area contributed by atoms with Gasteiger partial charge in [-0.2, -0.15) is 5.26 Å². The number of ketones is 1. The maximum absolute atomic E-state index is 11.7. The molecule has 0 aliphatic rings. The first-order valence-electron chi connectivity index (χ1n) is 6.84. The first-order chi connectivity index (χ1) is 10.9. The molecule has 2 N–H and O–H groups in total. The number of aliphatic hydroxyl groups excluding tert-OH is 1. The van der Waals surface area contributed by atoms with Gasteiger partial charge in [-0.15, -0.1) is 0 Å². The van der Waals surface area contributed by atoms with E-state index in [9.17, 15) is 9.90 Å². The molecule has 0 aliphatic carbocycles. The minimum Gasteiger partial charge on any atom is -0.387 e. The van der Waals surface area contributed by atoms with Crippen LogP contribution in [0.1, 0.15) is 34.5 Å². The summed E-state index contributed by atoms with van der Waals surface area (Å²) in [6.45, 7) is 1.58. The minimum absolute atomic E-state index is 0.129. The summed E-state index contributed by atoms with van der Waals surface area (Å²) in [5.74, 6) is -0.129. The Balaban J connectivity index is 2.20. The number of hydrogen-bond donors (Lipinski definition) is 2. The van der Waals surface area contributed by atoms with Gasteiger partial charge >= 0.3 is 0 Å². The fraction of sp³-hybridized carbons (Fsp3) is 0.176. The molecule has 118 valence electrons. The zero-order valence-electron chi connectivity index (χ0n) is 12.3. The maximum Gasteiger partial charge on any atom is 0.161 e. The molecule has 4 nitrogen and oxygen atoms in total. The van der Waals surface area contributed by atoms with Gasteiger partial charge in [0.2, 0.25) is 0 Å². The van der Waals surface area contributed by atoms with Crippen LogP contribution in [0.15, 0.2) is 36.4 Å². The lowest BCUT2D eigenvalue weighted by molar-refractivity contribution is 0.101. The summed E-state index contributed by atoms with van der Waals surface area (Å²) in [6, 6.07) is 11.6. The van der Waals surface area contributed by atoms with Crippen LogP contribution < -0.4 is 5.32 Å². The van der Waals surface area contributed by atoms with Crippen molar-refractivity contribution < 1.29 is 9.90 Å². The van der Waals surface area contributed by atoms with E-state index in [-0.39, 0.29) is 12.3 Å². The van der Waals surface area contributed by atoms with Crippen molar-refractivity contribution in [3.63, 3.8) is 0 Å². The monoisotopic (exact) mass is 348 g/mol. The van der Waals surface area contributed by atoms with Crippen LogP contribution in [0, 0.1) is 11.3 Å². The summed E-state index contributed by atoms with van der Waals surface area (Å²) >= 11 is 11.9. The SMILES string of the molecule is CC(=O)c1ccc(C#N)cc1NCC(O)c1ccc(Cl)cc1Cl. The van der Waals surface area contributed by atoms with Crippen molar-refractivity contribution in [1.82, 2.24) is 0 Å². The molecule has 0 radical (unpaired) electrons. The molecule has 0 fully saturated rings. The zero-order chi connectivity index (χ0) is 17.0. The van der Waals surface area contributed by atoms with Gasteiger partial charge in [-0.05, 0) is 37.3 Å². The van der Waals surface area contributed by atoms with Crippen molar-refractivity contribution in [3.05, 3.63) is 63.1 Å². The van der Waals surface area contributed by atoms with E-state index >= 15 is 0 Å². The molecule has 1 atom stereocenters. The predicted molar refractivity (Wildman–Crippen MR) is 91.1 cm³/mol. The number of aliphatic hydroxyl groups is 1. The van der Waals surface area contributed by atoms with Crippen LogP contribution in [0.3, 0.4) is 0 Å². The number of nitrogens with zero attached hydrogens (tertiary/aromatic N) is 1. The van der Waals surface area contributed by atoms with Crippen molar-refractivity contribution in [2.24, 2.45) is 0 Å². The summed E-state index contributed by atoms with van der Waals surface area (Å²) in [5.41, 5.74) is 1.92. The van der Waals surface area contributed by atoms with Crippen molar-refractivity contribution in [2.75, 3.05) is 11.9 Å². The molecule has 0 bridgehead atoms. The van der Waals surface area contributed by atoms with E-state index in [1.807, 2.05) is 6.07 Å². The second kappa shape index (κ2) is 7.47. The highest BCUT2D eigenvalue weighted by Crippen LogP contribution is 2.27. The Morgan fingerprint density at radius 2 is 2.04 bits per heavy atom. The van der Waals surface area contributed by atoms with Gasteiger partial charge in [-0.25, -0.2) is 0 Å². The van der Waals surface area contributed by atoms with Crippen LogP contribution in [-0.4, -0.2) is 17.4 Å². The second-order valence-corrected chi connectivity index (χ2v) is 5.83. The third kappa shape index (κ3) is 4.23. The van der Waals surface area contributed by atoms with E-state index in [1.54, 1.807) is 36.4 Å². The molecule has 2 aromatic rings. The number of nitriles is 1. The number of nitrogens with one attached hydrogen (secondary N) is 1. The Labute approximate surface area is 144 Å². The molecule has 1 unspecified atom stereocenters. The molecule has 2 aromatic carbocycles. The summed E-state index contributed by atoms with van der Waals surface area (Å²) < 4.78 is 0. The molecule has 23 heavy (non-hydrogen) atoms. The fourth-order valence-electron chi connectivity index (χ4n) is 2.16. The maximum atomic E-state index is 11.7. The van der Waals surface area contributed by atoms with Crippen LogP contribution in [0.2, 0.25) is 10.0 Å². The lowest BCUT2D eigenvalue weighted by atomic mass is 10.1.